The van der Waals surface area contributed by atoms with Crippen molar-refractivity contribution in [1.82, 2.24) is 10.2 Å². The minimum absolute atomic E-state index is 0.250. The fourth-order valence-electron chi connectivity index (χ4n) is 3.08. The molecule has 1 amide bonds. The van der Waals surface area contributed by atoms with Crippen LogP contribution < -0.4 is 5.32 Å². The van der Waals surface area contributed by atoms with E-state index in [1.54, 1.807) is 0 Å². The Bertz CT molecular complexity index is 483. The summed E-state index contributed by atoms with van der Waals surface area (Å²) in [6.45, 7) is 10.6. The topological polar surface area (TPSA) is 69.6 Å². The number of rotatable bonds is 8. The molecule has 0 aromatic heterocycles. The largest absolute Gasteiger partial charge is 0.483 e. The monoisotopic (exact) mass is 364 g/mol. The van der Waals surface area contributed by atoms with Crippen LogP contribution in [-0.2, 0) is 9.59 Å². The highest BCUT2D eigenvalue weighted by Gasteiger charge is 2.30. The highest BCUT2D eigenvalue weighted by Crippen LogP contribution is 2.29. The van der Waals surface area contributed by atoms with Crippen LogP contribution in [0.15, 0.2) is 23.3 Å². The van der Waals surface area contributed by atoms with Gasteiger partial charge >= 0.3 is 0 Å². The van der Waals surface area contributed by atoms with Gasteiger partial charge in [0.15, 0.2) is 0 Å². The van der Waals surface area contributed by atoms with Crippen molar-refractivity contribution in [2.75, 3.05) is 26.2 Å². The van der Waals surface area contributed by atoms with Crippen molar-refractivity contribution in [3.63, 3.8) is 0 Å². The number of hydrogen-bond donors (Lipinski definition) is 2. The molecule has 2 rings (SSSR count). The van der Waals surface area contributed by atoms with Gasteiger partial charge in [-0.05, 0) is 78.3 Å². The number of carboxylic acid groups (broad SMARTS) is 1. The van der Waals surface area contributed by atoms with E-state index in [0.717, 1.165) is 32.4 Å². The van der Waals surface area contributed by atoms with E-state index in [9.17, 15) is 4.79 Å². The fourth-order valence-corrected chi connectivity index (χ4v) is 3.08. The molecule has 1 aliphatic carbocycles. The SMILES string of the molecule is CC(C)=CCC/C(C)=C/CN1CCC(CNC(=O)C2CC2)CC1.O=CO. The zero-order valence-electron chi connectivity index (χ0n) is 16.7. The number of carbonyl (C=O) groups excluding carboxylic acids is 1. The lowest BCUT2D eigenvalue weighted by Gasteiger charge is -2.31. The highest BCUT2D eigenvalue weighted by molar-refractivity contribution is 5.80. The first-order valence-corrected chi connectivity index (χ1v) is 9.83. The minimum Gasteiger partial charge on any atom is -0.483 e. The van der Waals surface area contributed by atoms with Gasteiger partial charge < -0.3 is 10.4 Å². The number of carbonyl (C=O) groups is 2. The van der Waals surface area contributed by atoms with E-state index in [1.165, 1.54) is 43.5 Å². The predicted molar refractivity (Wildman–Crippen MR) is 106 cm³/mol. The van der Waals surface area contributed by atoms with Crippen LogP contribution in [-0.4, -0.2) is 48.6 Å². The second-order valence-electron chi connectivity index (χ2n) is 7.74. The average molecular weight is 365 g/mol. The summed E-state index contributed by atoms with van der Waals surface area (Å²) >= 11 is 0. The summed E-state index contributed by atoms with van der Waals surface area (Å²) < 4.78 is 0. The molecule has 0 atom stereocenters. The van der Waals surface area contributed by atoms with Crippen LogP contribution in [0.5, 0.6) is 0 Å². The van der Waals surface area contributed by atoms with Crippen molar-refractivity contribution >= 4 is 12.4 Å². The Balaban J connectivity index is 0.00000105. The number of likely N-dealkylation sites (tertiary alicyclic amines) is 1. The maximum Gasteiger partial charge on any atom is 0.290 e. The Hall–Kier alpha value is -1.62. The Morgan fingerprint density at radius 1 is 1.12 bits per heavy atom. The van der Waals surface area contributed by atoms with Crippen molar-refractivity contribution in [3.05, 3.63) is 23.3 Å². The molecule has 0 aromatic rings. The maximum absolute atomic E-state index is 11.7. The van der Waals surface area contributed by atoms with Crippen molar-refractivity contribution in [1.29, 1.82) is 0 Å². The van der Waals surface area contributed by atoms with Crippen LogP contribution in [0.25, 0.3) is 0 Å². The normalized spacial score (nSPS) is 18.5. The Morgan fingerprint density at radius 2 is 1.73 bits per heavy atom. The number of nitrogens with zero attached hydrogens (tertiary/aromatic N) is 1. The van der Waals surface area contributed by atoms with Crippen molar-refractivity contribution < 1.29 is 14.7 Å². The number of piperidine rings is 1. The summed E-state index contributed by atoms with van der Waals surface area (Å²) in [5, 5.41) is 10.0. The van der Waals surface area contributed by atoms with Gasteiger partial charge in [-0.15, -0.1) is 0 Å². The first-order chi connectivity index (χ1) is 12.5. The van der Waals surface area contributed by atoms with E-state index < -0.39 is 0 Å². The third kappa shape index (κ3) is 10.4. The molecule has 1 saturated heterocycles. The second kappa shape index (κ2) is 12.7. The molecule has 2 aliphatic rings. The molecule has 0 radical (unpaired) electrons. The van der Waals surface area contributed by atoms with Gasteiger partial charge in [0.1, 0.15) is 0 Å². The number of nitrogens with one attached hydrogen (secondary N) is 1. The van der Waals surface area contributed by atoms with Crippen LogP contribution in [0, 0.1) is 11.8 Å². The minimum atomic E-state index is -0.250. The summed E-state index contributed by atoms with van der Waals surface area (Å²) in [7, 11) is 0. The summed E-state index contributed by atoms with van der Waals surface area (Å²) in [4.78, 5) is 22.6. The predicted octanol–water partition coefficient (Wildman–Crippen LogP) is 3.62. The molecule has 2 N–H and O–H groups in total. The molecule has 1 aliphatic heterocycles. The smallest absolute Gasteiger partial charge is 0.290 e. The van der Waals surface area contributed by atoms with Gasteiger partial charge in [0.25, 0.3) is 6.47 Å². The summed E-state index contributed by atoms with van der Waals surface area (Å²) in [6.07, 6.45) is 11.7. The molecule has 5 nitrogen and oxygen atoms in total. The van der Waals surface area contributed by atoms with Crippen molar-refractivity contribution in [3.8, 4) is 0 Å². The molecule has 0 unspecified atom stereocenters. The second-order valence-corrected chi connectivity index (χ2v) is 7.74. The van der Waals surface area contributed by atoms with Gasteiger partial charge in [0.05, 0.1) is 0 Å². The molecule has 0 aromatic carbocycles. The van der Waals surface area contributed by atoms with Gasteiger partial charge in [-0.2, -0.15) is 0 Å². The zero-order chi connectivity index (χ0) is 19.4. The van der Waals surface area contributed by atoms with E-state index in [1.807, 2.05) is 0 Å². The van der Waals surface area contributed by atoms with Gasteiger partial charge in [0, 0.05) is 19.0 Å². The van der Waals surface area contributed by atoms with E-state index in [4.69, 9.17) is 9.90 Å². The third-order valence-electron chi connectivity index (χ3n) is 5.01. The van der Waals surface area contributed by atoms with Gasteiger partial charge in [-0.25, -0.2) is 0 Å². The lowest BCUT2D eigenvalue weighted by molar-refractivity contribution is -0.123. The molecule has 1 heterocycles. The van der Waals surface area contributed by atoms with Gasteiger partial charge in [-0.1, -0.05) is 23.3 Å². The quantitative estimate of drug-likeness (QED) is 0.510. The molecule has 148 valence electrons. The van der Waals surface area contributed by atoms with Crippen LogP contribution in [0.4, 0.5) is 0 Å². The van der Waals surface area contributed by atoms with E-state index in [-0.39, 0.29) is 6.47 Å². The highest BCUT2D eigenvalue weighted by atomic mass is 16.3. The fraction of sp³-hybridized carbons (Fsp3) is 0.714. The standard InChI is InChI=1S/C20H34N2O.CH2O2/c1-16(2)5-4-6-17(3)9-12-22-13-10-18(11-14-22)15-21-20(23)19-7-8-19;2-1-3/h5,9,18-19H,4,6-8,10-15H2,1-3H3,(H,21,23);1H,(H,2,3)/b17-9+;. The van der Waals surface area contributed by atoms with Crippen LogP contribution in [0.1, 0.15) is 59.3 Å². The van der Waals surface area contributed by atoms with Crippen LogP contribution in [0.2, 0.25) is 0 Å². The number of amides is 1. The number of hydrogen-bond acceptors (Lipinski definition) is 3. The average Bonchev–Trinajstić information content (AvgIpc) is 3.44. The summed E-state index contributed by atoms with van der Waals surface area (Å²) in [6, 6.07) is 0. The van der Waals surface area contributed by atoms with E-state index >= 15 is 0 Å². The Labute approximate surface area is 158 Å². The third-order valence-corrected chi connectivity index (χ3v) is 5.01. The Kier molecular flexibility index (Phi) is 10.9. The zero-order valence-corrected chi connectivity index (χ0v) is 16.7. The maximum atomic E-state index is 11.7. The number of allylic oxidation sites excluding steroid dienone is 3. The van der Waals surface area contributed by atoms with Crippen molar-refractivity contribution in [2.24, 2.45) is 11.8 Å². The first-order valence-electron chi connectivity index (χ1n) is 9.83. The molecular formula is C21H36N2O3. The molecule has 0 spiro atoms. The summed E-state index contributed by atoms with van der Waals surface area (Å²) in [5.74, 6) is 1.31. The van der Waals surface area contributed by atoms with E-state index in [2.05, 4.69) is 43.1 Å². The molecule has 0 bridgehead atoms. The lowest BCUT2D eigenvalue weighted by Crippen LogP contribution is -2.39. The molecular weight excluding hydrogens is 328 g/mol. The first kappa shape index (κ1) is 22.4. The lowest BCUT2D eigenvalue weighted by atomic mass is 9.96. The summed E-state index contributed by atoms with van der Waals surface area (Å²) in [5.41, 5.74) is 2.91. The van der Waals surface area contributed by atoms with Gasteiger partial charge in [-0.3, -0.25) is 14.5 Å². The van der Waals surface area contributed by atoms with Crippen LogP contribution >= 0.6 is 0 Å². The molecule has 26 heavy (non-hydrogen) atoms. The van der Waals surface area contributed by atoms with Crippen LogP contribution in [0.3, 0.4) is 0 Å². The van der Waals surface area contributed by atoms with Gasteiger partial charge in [0.2, 0.25) is 5.91 Å². The Morgan fingerprint density at radius 3 is 2.27 bits per heavy atom. The molecule has 2 fully saturated rings. The molecule has 1 saturated carbocycles. The molecule has 5 heteroatoms. The van der Waals surface area contributed by atoms with E-state index in [0.29, 0.717) is 17.7 Å². The van der Waals surface area contributed by atoms with Crippen molar-refractivity contribution in [2.45, 2.75) is 59.3 Å².